The lowest BCUT2D eigenvalue weighted by Crippen LogP contribution is -2.44. The van der Waals surface area contributed by atoms with Crippen molar-refractivity contribution >= 4 is 11.6 Å². The highest BCUT2D eigenvalue weighted by Gasteiger charge is 2.24. The van der Waals surface area contributed by atoms with E-state index in [-0.39, 0.29) is 18.4 Å². The van der Waals surface area contributed by atoms with Gasteiger partial charge in [0.15, 0.2) is 5.96 Å². The van der Waals surface area contributed by atoms with E-state index in [0.717, 1.165) is 41.3 Å². The Hall–Kier alpha value is -3.04. The number of rotatable bonds is 8. The maximum atomic E-state index is 13.0. The number of hydrogen-bond donors (Lipinski definition) is 2. The summed E-state index contributed by atoms with van der Waals surface area (Å²) in [6, 6.07) is 5.96. The first-order valence-corrected chi connectivity index (χ1v) is 9.86. The highest BCUT2D eigenvalue weighted by Crippen LogP contribution is 2.30. The van der Waals surface area contributed by atoms with Gasteiger partial charge in [-0.2, -0.15) is 8.78 Å². The van der Waals surface area contributed by atoms with E-state index in [1.54, 1.807) is 14.2 Å². The number of alkyl halides is 2. The predicted molar refractivity (Wildman–Crippen MR) is 112 cm³/mol. The number of halogens is 2. The summed E-state index contributed by atoms with van der Waals surface area (Å²) < 4.78 is 37.5. The smallest absolute Gasteiger partial charge is 0.319 e. The van der Waals surface area contributed by atoms with Gasteiger partial charge in [0.25, 0.3) is 0 Å². The molecule has 0 amide bonds. The van der Waals surface area contributed by atoms with Gasteiger partial charge in [0.05, 0.1) is 14.2 Å². The zero-order chi connectivity index (χ0) is 21.5. The van der Waals surface area contributed by atoms with Crippen LogP contribution in [-0.2, 0) is 6.54 Å². The Morgan fingerprint density at radius 2 is 2.00 bits per heavy atom. The van der Waals surface area contributed by atoms with E-state index in [1.807, 2.05) is 25.1 Å². The van der Waals surface area contributed by atoms with Crippen molar-refractivity contribution < 1.29 is 18.3 Å². The van der Waals surface area contributed by atoms with Gasteiger partial charge in [-0.05, 0) is 13.3 Å². The van der Waals surface area contributed by atoms with Crippen molar-refractivity contribution in [1.29, 1.82) is 0 Å². The van der Waals surface area contributed by atoms with Gasteiger partial charge in [-0.1, -0.05) is 0 Å². The van der Waals surface area contributed by atoms with Gasteiger partial charge < -0.3 is 25.0 Å². The zero-order valence-electron chi connectivity index (χ0n) is 17.4. The Labute approximate surface area is 174 Å². The summed E-state index contributed by atoms with van der Waals surface area (Å²) in [6.45, 7) is 1.70. The quantitative estimate of drug-likeness (QED) is 0.503. The minimum absolute atomic E-state index is 0.0657. The Morgan fingerprint density at radius 3 is 2.63 bits per heavy atom. The predicted octanol–water partition coefficient (Wildman–Crippen LogP) is 2.63. The van der Waals surface area contributed by atoms with E-state index in [2.05, 4.69) is 25.5 Å². The second kappa shape index (κ2) is 10.1. The fourth-order valence-corrected chi connectivity index (χ4v) is 3.39. The van der Waals surface area contributed by atoms with Crippen LogP contribution in [0.4, 0.5) is 14.5 Å². The summed E-state index contributed by atoms with van der Waals surface area (Å²) >= 11 is 0. The van der Waals surface area contributed by atoms with E-state index in [0.29, 0.717) is 12.5 Å². The van der Waals surface area contributed by atoms with E-state index < -0.39 is 6.55 Å². The van der Waals surface area contributed by atoms with Crippen LogP contribution in [0.2, 0.25) is 0 Å². The molecule has 0 aliphatic carbocycles. The second-order valence-corrected chi connectivity index (χ2v) is 6.87. The lowest BCUT2D eigenvalue weighted by molar-refractivity contribution is 0.0671. The van der Waals surface area contributed by atoms with E-state index in [1.165, 1.54) is 12.4 Å². The molecule has 1 saturated heterocycles. The van der Waals surface area contributed by atoms with Crippen LogP contribution in [0.3, 0.4) is 0 Å². The van der Waals surface area contributed by atoms with Crippen LogP contribution in [0.1, 0.15) is 25.7 Å². The van der Waals surface area contributed by atoms with Gasteiger partial charge in [0, 0.05) is 62.0 Å². The topological polar surface area (TPSA) is 75.9 Å². The first-order chi connectivity index (χ1) is 14.5. The number of ether oxygens (including phenoxy) is 2. The van der Waals surface area contributed by atoms with Crippen LogP contribution in [0.25, 0.3) is 0 Å². The van der Waals surface area contributed by atoms with E-state index >= 15 is 0 Å². The van der Waals surface area contributed by atoms with Crippen molar-refractivity contribution in [1.82, 2.24) is 20.2 Å². The largest absolute Gasteiger partial charge is 0.497 e. The number of nitrogens with one attached hydrogen (secondary N) is 2. The molecule has 0 bridgehead atoms. The molecule has 2 heterocycles. The summed E-state index contributed by atoms with van der Waals surface area (Å²) in [7, 11) is 3.26. The van der Waals surface area contributed by atoms with Crippen LogP contribution < -0.4 is 25.0 Å². The minimum Gasteiger partial charge on any atom is -0.497 e. The number of anilines is 1. The molecule has 3 rings (SSSR count). The highest BCUT2D eigenvalue weighted by molar-refractivity contribution is 5.80. The molecule has 164 valence electrons. The third-order valence-corrected chi connectivity index (χ3v) is 4.91. The second-order valence-electron chi connectivity index (χ2n) is 6.87. The number of nitrogens with zero attached hydrogens (tertiary/aromatic N) is 4. The van der Waals surface area contributed by atoms with Crippen LogP contribution >= 0.6 is 0 Å². The number of methoxy groups -OCH3 is 2. The van der Waals surface area contributed by atoms with Gasteiger partial charge in [-0.15, -0.1) is 0 Å². The van der Waals surface area contributed by atoms with Crippen molar-refractivity contribution in [3.63, 3.8) is 0 Å². The Morgan fingerprint density at radius 1 is 1.27 bits per heavy atom. The molecule has 30 heavy (non-hydrogen) atoms. The van der Waals surface area contributed by atoms with Crippen molar-refractivity contribution in [2.75, 3.05) is 38.8 Å². The van der Waals surface area contributed by atoms with Crippen molar-refractivity contribution in [2.45, 2.75) is 32.5 Å². The standard InChI is InChI=1S/C20H28F2N6O2/c1-4-23-20(25-12-18-24-6-8-28(18)19(21)22)26-14-5-7-27(13-14)15-9-16(29-2)11-17(10-15)30-3/h6,8-11,14,19H,4-5,7,12-13H2,1-3H3,(H2,23,25,26). The van der Waals surface area contributed by atoms with Crippen molar-refractivity contribution in [3.8, 4) is 11.5 Å². The van der Waals surface area contributed by atoms with Crippen LogP contribution in [0, 0.1) is 0 Å². The van der Waals surface area contributed by atoms with Crippen molar-refractivity contribution in [2.24, 2.45) is 4.99 Å². The first kappa shape index (κ1) is 21.7. The SMILES string of the molecule is CCNC(=NCc1nccn1C(F)F)NC1CCN(c2cc(OC)cc(OC)c2)C1. The maximum absolute atomic E-state index is 13.0. The Balaban J connectivity index is 1.65. The molecule has 1 aliphatic heterocycles. The van der Waals surface area contributed by atoms with Crippen molar-refractivity contribution in [3.05, 3.63) is 36.4 Å². The number of aliphatic imine (C=N–C) groups is 1. The molecule has 1 fully saturated rings. The summed E-state index contributed by atoms with van der Waals surface area (Å²) in [4.78, 5) is 10.7. The fraction of sp³-hybridized carbons (Fsp3) is 0.500. The maximum Gasteiger partial charge on any atom is 0.319 e. The summed E-state index contributed by atoms with van der Waals surface area (Å²) in [5.74, 6) is 2.28. The number of imidazole rings is 1. The molecule has 1 unspecified atom stereocenters. The number of aromatic nitrogens is 2. The van der Waals surface area contributed by atoms with Crippen LogP contribution in [0.5, 0.6) is 11.5 Å². The third-order valence-electron chi connectivity index (χ3n) is 4.91. The molecule has 1 atom stereocenters. The minimum atomic E-state index is -2.63. The average Bonchev–Trinajstić information content (AvgIpc) is 3.41. The number of hydrogen-bond acceptors (Lipinski definition) is 5. The summed E-state index contributed by atoms with van der Waals surface area (Å²) in [5, 5.41) is 6.56. The molecule has 1 aromatic heterocycles. The molecule has 0 spiro atoms. The molecule has 0 saturated carbocycles. The monoisotopic (exact) mass is 422 g/mol. The average molecular weight is 422 g/mol. The van der Waals surface area contributed by atoms with E-state index in [4.69, 9.17) is 9.47 Å². The van der Waals surface area contributed by atoms with Gasteiger partial charge >= 0.3 is 6.55 Å². The summed E-state index contributed by atoms with van der Waals surface area (Å²) in [5.41, 5.74) is 1.02. The highest BCUT2D eigenvalue weighted by atomic mass is 19.3. The molecule has 8 nitrogen and oxygen atoms in total. The molecule has 1 aromatic carbocycles. The number of guanidine groups is 1. The van der Waals surface area contributed by atoms with Crippen LogP contribution in [-0.4, -0.2) is 55.4 Å². The zero-order valence-corrected chi connectivity index (χ0v) is 17.4. The van der Waals surface area contributed by atoms with Gasteiger partial charge in [0.2, 0.25) is 0 Å². The Kier molecular flexibility index (Phi) is 7.31. The van der Waals surface area contributed by atoms with Gasteiger partial charge in [-0.3, -0.25) is 4.57 Å². The molecule has 2 N–H and O–H groups in total. The first-order valence-electron chi connectivity index (χ1n) is 9.86. The van der Waals surface area contributed by atoms with Gasteiger partial charge in [-0.25, -0.2) is 9.98 Å². The third kappa shape index (κ3) is 5.31. The molecule has 10 heteroatoms. The molecule has 2 aromatic rings. The lowest BCUT2D eigenvalue weighted by Gasteiger charge is -2.21. The lowest BCUT2D eigenvalue weighted by atomic mass is 10.2. The Bertz CT molecular complexity index is 835. The fourth-order valence-electron chi connectivity index (χ4n) is 3.39. The molecular formula is C20H28F2N6O2. The summed E-state index contributed by atoms with van der Waals surface area (Å²) in [6.07, 6.45) is 3.53. The van der Waals surface area contributed by atoms with Crippen LogP contribution in [0.15, 0.2) is 35.6 Å². The molecule has 1 aliphatic rings. The normalized spacial score (nSPS) is 16.8. The molecular weight excluding hydrogens is 394 g/mol. The molecule has 0 radical (unpaired) electrons. The van der Waals surface area contributed by atoms with E-state index in [9.17, 15) is 8.78 Å². The number of benzene rings is 1. The van der Waals surface area contributed by atoms with Gasteiger partial charge in [0.1, 0.15) is 23.9 Å².